The van der Waals surface area contributed by atoms with Gasteiger partial charge in [0, 0.05) is 11.3 Å². The quantitative estimate of drug-likeness (QED) is 0.778. The van der Waals surface area contributed by atoms with Crippen molar-refractivity contribution in [1.82, 2.24) is 14.8 Å². The Hall–Kier alpha value is -1.40. The number of aromatic amines is 1. The van der Waals surface area contributed by atoms with Gasteiger partial charge in [-0.3, -0.25) is 4.57 Å². The second kappa shape index (κ2) is 4.41. The summed E-state index contributed by atoms with van der Waals surface area (Å²) in [7, 11) is 0. The average Bonchev–Trinajstić information content (AvgIpc) is 2.83. The Bertz CT molecular complexity index is 471. The summed E-state index contributed by atoms with van der Waals surface area (Å²) in [6, 6.07) is 3.96. The lowest BCUT2D eigenvalue weighted by molar-refractivity contribution is 0.704. The normalized spacial score (nSPS) is 10.7. The minimum atomic E-state index is -0.174. The third kappa shape index (κ3) is 2.16. The van der Waals surface area contributed by atoms with E-state index < -0.39 is 0 Å². The summed E-state index contributed by atoms with van der Waals surface area (Å²) in [5.41, 5.74) is 5.27. The first-order valence-electron chi connectivity index (χ1n) is 4.68. The largest absolute Gasteiger partial charge is 0.343 e. The Morgan fingerprint density at radius 1 is 1.60 bits per heavy atom. The Kier molecular flexibility index (Phi) is 2.98. The van der Waals surface area contributed by atoms with Crippen molar-refractivity contribution in [3.05, 3.63) is 38.7 Å². The van der Waals surface area contributed by atoms with Gasteiger partial charge in [-0.2, -0.15) is 5.10 Å². The summed E-state index contributed by atoms with van der Waals surface area (Å²) < 4.78 is 1.62. The number of nitrogens with two attached hydrogens (primary N) is 1. The highest BCUT2D eigenvalue weighted by molar-refractivity contribution is 7.09. The van der Waals surface area contributed by atoms with Crippen LogP contribution >= 0.6 is 11.3 Å². The van der Waals surface area contributed by atoms with Gasteiger partial charge in [0.25, 0.3) is 0 Å². The Morgan fingerprint density at radius 2 is 2.47 bits per heavy atom. The van der Waals surface area contributed by atoms with E-state index in [9.17, 15) is 4.79 Å². The molecule has 0 aromatic carbocycles. The Labute approximate surface area is 90.6 Å². The highest BCUT2D eigenvalue weighted by Gasteiger charge is 2.07. The van der Waals surface area contributed by atoms with Crippen molar-refractivity contribution in [3.63, 3.8) is 0 Å². The van der Waals surface area contributed by atoms with E-state index in [0.717, 1.165) is 10.7 Å². The Morgan fingerprint density at radius 3 is 3.13 bits per heavy atom. The number of aromatic nitrogens is 3. The molecule has 0 fully saturated rings. The molecule has 0 aliphatic heterocycles. The van der Waals surface area contributed by atoms with Crippen molar-refractivity contribution < 1.29 is 0 Å². The molecule has 0 bridgehead atoms. The molecule has 15 heavy (non-hydrogen) atoms. The zero-order valence-corrected chi connectivity index (χ0v) is 8.96. The average molecular weight is 224 g/mol. The van der Waals surface area contributed by atoms with Crippen molar-refractivity contribution in [2.75, 3.05) is 6.54 Å². The molecule has 3 N–H and O–H groups in total. The van der Waals surface area contributed by atoms with Gasteiger partial charge in [0.15, 0.2) is 0 Å². The third-order valence-corrected chi connectivity index (χ3v) is 2.96. The van der Waals surface area contributed by atoms with E-state index in [1.807, 2.05) is 17.5 Å². The van der Waals surface area contributed by atoms with E-state index in [2.05, 4.69) is 10.2 Å². The molecule has 2 heterocycles. The molecule has 5 nitrogen and oxygen atoms in total. The van der Waals surface area contributed by atoms with E-state index >= 15 is 0 Å². The lowest BCUT2D eigenvalue weighted by Crippen LogP contribution is -2.20. The van der Waals surface area contributed by atoms with Gasteiger partial charge in [-0.05, 0) is 18.0 Å². The van der Waals surface area contributed by atoms with Gasteiger partial charge in [0.1, 0.15) is 5.82 Å². The van der Waals surface area contributed by atoms with Crippen LogP contribution in [-0.4, -0.2) is 21.3 Å². The molecule has 2 aromatic rings. The van der Waals surface area contributed by atoms with Gasteiger partial charge >= 0.3 is 5.69 Å². The molecule has 0 unspecified atom stereocenters. The maximum atomic E-state index is 11.4. The van der Waals surface area contributed by atoms with E-state index in [4.69, 9.17) is 5.73 Å². The number of nitrogens with one attached hydrogen (secondary N) is 1. The zero-order chi connectivity index (χ0) is 10.7. The van der Waals surface area contributed by atoms with Crippen molar-refractivity contribution in [3.8, 4) is 0 Å². The summed E-state index contributed by atoms with van der Waals surface area (Å²) >= 11 is 1.62. The molecule has 0 saturated carbocycles. The van der Waals surface area contributed by atoms with Crippen LogP contribution in [0.1, 0.15) is 10.7 Å². The highest BCUT2D eigenvalue weighted by atomic mass is 32.1. The number of thiophene rings is 1. The predicted molar refractivity (Wildman–Crippen MR) is 59.0 cm³/mol. The minimum absolute atomic E-state index is 0.174. The van der Waals surface area contributed by atoms with Crippen LogP contribution in [0.25, 0.3) is 0 Å². The van der Waals surface area contributed by atoms with Crippen molar-refractivity contribution in [2.45, 2.75) is 13.0 Å². The van der Waals surface area contributed by atoms with E-state index in [1.54, 1.807) is 15.9 Å². The number of hydrogen-bond acceptors (Lipinski definition) is 4. The van der Waals surface area contributed by atoms with Crippen molar-refractivity contribution >= 4 is 11.3 Å². The standard InChI is InChI=1S/C9H12N4OS/c10-4-3-8-11-12-9(14)13(8)6-7-2-1-5-15-7/h1-2,5H,3-4,6,10H2,(H,12,14). The second-order valence-corrected chi connectivity index (χ2v) is 4.18. The van der Waals surface area contributed by atoms with Crippen LogP contribution in [-0.2, 0) is 13.0 Å². The zero-order valence-electron chi connectivity index (χ0n) is 8.14. The van der Waals surface area contributed by atoms with E-state index in [-0.39, 0.29) is 5.69 Å². The van der Waals surface area contributed by atoms with Crippen LogP contribution in [0.15, 0.2) is 22.3 Å². The maximum Gasteiger partial charge on any atom is 0.343 e. The second-order valence-electron chi connectivity index (χ2n) is 3.15. The molecule has 2 aromatic heterocycles. The first-order valence-corrected chi connectivity index (χ1v) is 5.55. The monoisotopic (exact) mass is 224 g/mol. The van der Waals surface area contributed by atoms with Gasteiger partial charge in [-0.15, -0.1) is 11.3 Å². The third-order valence-electron chi connectivity index (χ3n) is 2.10. The summed E-state index contributed by atoms with van der Waals surface area (Å²) in [6.07, 6.45) is 0.615. The van der Waals surface area contributed by atoms with Crippen LogP contribution in [0.3, 0.4) is 0 Å². The van der Waals surface area contributed by atoms with Gasteiger partial charge in [0.05, 0.1) is 6.54 Å². The maximum absolute atomic E-state index is 11.4. The molecule has 0 aliphatic carbocycles. The molecular formula is C9H12N4OS. The van der Waals surface area contributed by atoms with Gasteiger partial charge in [-0.1, -0.05) is 6.07 Å². The molecule has 2 rings (SSSR count). The van der Waals surface area contributed by atoms with E-state index in [0.29, 0.717) is 19.5 Å². The topological polar surface area (TPSA) is 76.7 Å². The smallest absolute Gasteiger partial charge is 0.330 e. The predicted octanol–water partition coefficient (Wildman–Crippen LogP) is 0.182. The fraction of sp³-hybridized carbons (Fsp3) is 0.333. The summed E-state index contributed by atoms with van der Waals surface area (Å²) in [5.74, 6) is 0.718. The molecule has 0 atom stereocenters. The van der Waals surface area contributed by atoms with Crippen LogP contribution in [0.4, 0.5) is 0 Å². The summed E-state index contributed by atoms with van der Waals surface area (Å²) in [4.78, 5) is 12.6. The molecular weight excluding hydrogens is 212 g/mol. The molecule has 0 radical (unpaired) electrons. The number of hydrogen-bond donors (Lipinski definition) is 2. The fourth-order valence-corrected chi connectivity index (χ4v) is 2.08. The number of nitrogens with zero attached hydrogens (tertiary/aromatic N) is 2. The highest BCUT2D eigenvalue weighted by Crippen LogP contribution is 2.10. The molecule has 0 spiro atoms. The summed E-state index contributed by atoms with van der Waals surface area (Å²) in [6.45, 7) is 1.07. The number of H-pyrrole nitrogens is 1. The van der Waals surface area contributed by atoms with Crippen LogP contribution in [0, 0.1) is 0 Å². The van der Waals surface area contributed by atoms with Crippen LogP contribution in [0.2, 0.25) is 0 Å². The van der Waals surface area contributed by atoms with Crippen LogP contribution in [0.5, 0.6) is 0 Å². The van der Waals surface area contributed by atoms with Gasteiger partial charge in [-0.25, -0.2) is 9.89 Å². The molecule has 0 saturated heterocycles. The summed E-state index contributed by atoms with van der Waals surface area (Å²) in [5, 5.41) is 8.37. The molecule has 80 valence electrons. The number of rotatable bonds is 4. The lowest BCUT2D eigenvalue weighted by Gasteiger charge is -2.02. The first-order chi connectivity index (χ1) is 7.31. The van der Waals surface area contributed by atoms with E-state index in [1.165, 1.54) is 0 Å². The van der Waals surface area contributed by atoms with Crippen molar-refractivity contribution in [1.29, 1.82) is 0 Å². The van der Waals surface area contributed by atoms with Crippen LogP contribution < -0.4 is 11.4 Å². The fourth-order valence-electron chi connectivity index (χ4n) is 1.39. The van der Waals surface area contributed by atoms with Gasteiger partial charge in [0.2, 0.25) is 0 Å². The Balaban J connectivity index is 2.26. The minimum Gasteiger partial charge on any atom is -0.330 e. The first kappa shape index (κ1) is 10.1. The molecule has 0 amide bonds. The van der Waals surface area contributed by atoms with Crippen molar-refractivity contribution in [2.24, 2.45) is 5.73 Å². The SMILES string of the molecule is NCCc1n[nH]c(=O)n1Cc1cccs1. The van der Waals surface area contributed by atoms with Gasteiger partial charge < -0.3 is 5.73 Å². The molecule has 0 aliphatic rings. The lowest BCUT2D eigenvalue weighted by atomic mass is 10.4. The molecule has 6 heteroatoms.